The first-order valence-corrected chi connectivity index (χ1v) is 10.6. The molecule has 3 N–H and O–H groups in total. The van der Waals surface area contributed by atoms with Gasteiger partial charge in [0.2, 0.25) is 5.91 Å². The van der Waals surface area contributed by atoms with E-state index in [1.807, 2.05) is 66.1 Å². The van der Waals surface area contributed by atoms with Crippen LogP contribution in [0.5, 0.6) is 0 Å². The Labute approximate surface area is 178 Å². The smallest absolute Gasteiger partial charge is 0.253 e. The number of nitrogen functional groups attached to an aromatic ring is 1. The minimum Gasteiger partial charge on any atom is -0.384 e. The summed E-state index contributed by atoms with van der Waals surface area (Å²) in [4.78, 5) is 29.2. The maximum absolute atomic E-state index is 12.9. The molecule has 0 atom stereocenters. The highest BCUT2D eigenvalue weighted by Crippen LogP contribution is 2.29. The molecule has 158 valence electrons. The average molecular weight is 407 g/mol. The van der Waals surface area contributed by atoms with E-state index < -0.39 is 0 Å². The van der Waals surface area contributed by atoms with Gasteiger partial charge >= 0.3 is 0 Å². The standard InChI is InChI=1S/C24H30N4O2/c1-3-27(4-2)24(30)20-12-13-21-19(16-20)6-5-15-28(21)22(29)14-9-17-7-10-18(11-8-17)23(25)26/h7-8,10-13,16H,3-6,9,14-15H2,1-2H3,(H3,25,26). The van der Waals surface area contributed by atoms with Gasteiger partial charge in [-0.3, -0.25) is 15.0 Å². The fourth-order valence-corrected chi connectivity index (χ4v) is 3.92. The van der Waals surface area contributed by atoms with Crippen LogP contribution in [0.3, 0.4) is 0 Å². The van der Waals surface area contributed by atoms with Gasteiger partial charge in [0, 0.05) is 42.9 Å². The van der Waals surface area contributed by atoms with E-state index in [1.54, 1.807) is 0 Å². The number of nitrogens with one attached hydrogen (secondary N) is 1. The van der Waals surface area contributed by atoms with Crippen molar-refractivity contribution in [2.75, 3.05) is 24.5 Å². The number of hydrogen-bond donors (Lipinski definition) is 2. The average Bonchev–Trinajstić information content (AvgIpc) is 2.77. The molecule has 0 radical (unpaired) electrons. The van der Waals surface area contributed by atoms with Crippen molar-refractivity contribution < 1.29 is 9.59 Å². The zero-order valence-electron chi connectivity index (χ0n) is 17.8. The zero-order valence-corrected chi connectivity index (χ0v) is 17.8. The van der Waals surface area contributed by atoms with E-state index >= 15 is 0 Å². The number of anilines is 1. The third kappa shape index (κ3) is 4.70. The number of hydrogen-bond acceptors (Lipinski definition) is 3. The van der Waals surface area contributed by atoms with E-state index in [0.29, 0.717) is 43.6 Å². The summed E-state index contributed by atoms with van der Waals surface area (Å²) in [5.74, 6) is 0.177. The molecule has 3 rings (SSSR count). The van der Waals surface area contributed by atoms with Crippen LogP contribution in [-0.4, -0.2) is 42.2 Å². The van der Waals surface area contributed by atoms with E-state index in [2.05, 4.69) is 0 Å². The van der Waals surface area contributed by atoms with Crippen molar-refractivity contribution in [3.05, 3.63) is 64.7 Å². The Hall–Kier alpha value is -3.15. The normalized spacial score (nSPS) is 12.9. The van der Waals surface area contributed by atoms with Crippen LogP contribution in [0, 0.1) is 5.41 Å². The molecule has 2 amide bonds. The van der Waals surface area contributed by atoms with Crippen LogP contribution < -0.4 is 10.6 Å². The number of rotatable bonds is 7. The lowest BCUT2D eigenvalue weighted by Crippen LogP contribution is -2.36. The van der Waals surface area contributed by atoms with E-state index in [1.165, 1.54) is 0 Å². The first kappa shape index (κ1) is 21.6. The van der Waals surface area contributed by atoms with Gasteiger partial charge in [-0.05, 0) is 62.4 Å². The monoisotopic (exact) mass is 406 g/mol. The quantitative estimate of drug-likeness (QED) is 0.546. The number of benzene rings is 2. The third-order valence-corrected chi connectivity index (χ3v) is 5.69. The summed E-state index contributed by atoms with van der Waals surface area (Å²) in [5.41, 5.74) is 9.91. The summed E-state index contributed by atoms with van der Waals surface area (Å²) in [6.07, 6.45) is 2.83. The molecule has 30 heavy (non-hydrogen) atoms. The molecule has 0 spiro atoms. The van der Waals surface area contributed by atoms with Gasteiger partial charge in [0.25, 0.3) is 5.91 Å². The molecule has 0 bridgehead atoms. The van der Waals surface area contributed by atoms with E-state index in [0.717, 1.165) is 29.7 Å². The Balaban J connectivity index is 1.70. The molecule has 6 heteroatoms. The summed E-state index contributed by atoms with van der Waals surface area (Å²) >= 11 is 0. The van der Waals surface area contributed by atoms with Crippen LogP contribution in [-0.2, 0) is 17.6 Å². The first-order valence-electron chi connectivity index (χ1n) is 10.6. The molecule has 1 aliphatic rings. The van der Waals surface area contributed by atoms with Gasteiger partial charge in [0.15, 0.2) is 0 Å². The number of aryl methyl sites for hydroxylation is 2. The van der Waals surface area contributed by atoms with Crippen molar-refractivity contribution in [3.63, 3.8) is 0 Å². The Morgan fingerprint density at radius 1 is 1.07 bits per heavy atom. The molecule has 0 saturated heterocycles. The topological polar surface area (TPSA) is 90.5 Å². The second kappa shape index (κ2) is 9.57. The second-order valence-corrected chi connectivity index (χ2v) is 7.58. The van der Waals surface area contributed by atoms with Crippen molar-refractivity contribution in [3.8, 4) is 0 Å². The molecular formula is C24H30N4O2. The van der Waals surface area contributed by atoms with E-state index in [4.69, 9.17) is 11.1 Å². The summed E-state index contributed by atoms with van der Waals surface area (Å²) in [5, 5.41) is 7.46. The van der Waals surface area contributed by atoms with Gasteiger partial charge in [-0.15, -0.1) is 0 Å². The summed E-state index contributed by atoms with van der Waals surface area (Å²) in [6.45, 7) is 6.04. The maximum Gasteiger partial charge on any atom is 0.253 e. The summed E-state index contributed by atoms with van der Waals surface area (Å²) < 4.78 is 0. The largest absolute Gasteiger partial charge is 0.384 e. The number of carbonyl (C=O) groups excluding carboxylic acids is 2. The Morgan fingerprint density at radius 3 is 2.37 bits per heavy atom. The van der Waals surface area contributed by atoms with Crippen molar-refractivity contribution >= 4 is 23.3 Å². The SMILES string of the molecule is CCN(CC)C(=O)c1ccc2c(c1)CCCN2C(=O)CCc1ccc(C(=N)N)cc1. The summed E-state index contributed by atoms with van der Waals surface area (Å²) in [6, 6.07) is 13.2. The number of carbonyl (C=O) groups is 2. The molecule has 0 aromatic heterocycles. The van der Waals surface area contributed by atoms with Crippen molar-refractivity contribution in [2.45, 2.75) is 39.5 Å². The highest BCUT2D eigenvalue weighted by molar-refractivity contribution is 5.98. The lowest BCUT2D eigenvalue weighted by molar-refractivity contribution is -0.118. The van der Waals surface area contributed by atoms with Crippen molar-refractivity contribution in [1.29, 1.82) is 5.41 Å². The molecule has 2 aromatic rings. The number of nitrogens with two attached hydrogens (primary N) is 1. The number of nitrogens with zero attached hydrogens (tertiary/aromatic N) is 2. The van der Waals surface area contributed by atoms with Crippen LogP contribution >= 0.6 is 0 Å². The molecule has 1 heterocycles. The van der Waals surface area contributed by atoms with Crippen molar-refractivity contribution in [2.24, 2.45) is 5.73 Å². The third-order valence-electron chi connectivity index (χ3n) is 5.69. The number of amidine groups is 1. The highest BCUT2D eigenvalue weighted by atomic mass is 16.2. The van der Waals surface area contributed by atoms with E-state index in [9.17, 15) is 9.59 Å². The predicted molar refractivity (Wildman–Crippen MR) is 120 cm³/mol. The fraction of sp³-hybridized carbons (Fsp3) is 0.375. The molecule has 2 aromatic carbocycles. The molecule has 0 fully saturated rings. The molecule has 0 saturated carbocycles. The van der Waals surface area contributed by atoms with Crippen LogP contribution in [0.4, 0.5) is 5.69 Å². The lowest BCUT2D eigenvalue weighted by Gasteiger charge is -2.30. The second-order valence-electron chi connectivity index (χ2n) is 7.58. The van der Waals surface area contributed by atoms with E-state index in [-0.39, 0.29) is 17.6 Å². The Kier molecular flexibility index (Phi) is 6.87. The first-order chi connectivity index (χ1) is 14.4. The van der Waals surface area contributed by atoms with Crippen LogP contribution in [0.25, 0.3) is 0 Å². The van der Waals surface area contributed by atoms with Crippen LogP contribution in [0.1, 0.15) is 53.7 Å². The minimum absolute atomic E-state index is 0.0419. The number of fused-ring (bicyclic) bond motifs is 1. The maximum atomic E-state index is 12.9. The Morgan fingerprint density at radius 2 is 1.73 bits per heavy atom. The molecule has 0 aliphatic carbocycles. The summed E-state index contributed by atoms with van der Waals surface area (Å²) in [7, 11) is 0. The van der Waals surface area contributed by atoms with Gasteiger partial charge in [-0.2, -0.15) is 0 Å². The zero-order chi connectivity index (χ0) is 21.7. The number of amides is 2. The van der Waals surface area contributed by atoms with Crippen LogP contribution in [0.15, 0.2) is 42.5 Å². The molecule has 1 aliphatic heterocycles. The van der Waals surface area contributed by atoms with Gasteiger partial charge < -0.3 is 15.5 Å². The minimum atomic E-state index is 0.0419. The van der Waals surface area contributed by atoms with Gasteiger partial charge in [0.05, 0.1) is 0 Å². The van der Waals surface area contributed by atoms with Gasteiger partial charge in [0.1, 0.15) is 5.84 Å². The van der Waals surface area contributed by atoms with Gasteiger partial charge in [-0.25, -0.2) is 0 Å². The highest BCUT2D eigenvalue weighted by Gasteiger charge is 2.24. The van der Waals surface area contributed by atoms with Crippen molar-refractivity contribution in [1.82, 2.24) is 4.90 Å². The molecule has 0 unspecified atom stereocenters. The molecular weight excluding hydrogens is 376 g/mol. The predicted octanol–water partition coefficient (Wildman–Crippen LogP) is 3.36. The lowest BCUT2D eigenvalue weighted by atomic mass is 9.98. The molecule has 6 nitrogen and oxygen atoms in total. The van der Waals surface area contributed by atoms with Crippen LogP contribution in [0.2, 0.25) is 0 Å². The fourth-order valence-electron chi connectivity index (χ4n) is 3.92. The Bertz CT molecular complexity index is 933. The van der Waals surface area contributed by atoms with Gasteiger partial charge in [-0.1, -0.05) is 24.3 Å².